The second-order valence-corrected chi connectivity index (χ2v) is 8.26. The van der Waals surface area contributed by atoms with Gasteiger partial charge in [-0.2, -0.15) is 4.98 Å². The normalized spacial score (nSPS) is 14.0. The Balaban J connectivity index is 0.00000363. The van der Waals surface area contributed by atoms with Gasteiger partial charge >= 0.3 is 43.1 Å². The number of fused-ring (bicyclic) bond motifs is 2. The monoisotopic (exact) mass is 516 g/mol. The first-order valence-corrected chi connectivity index (χ1v) is 10.6. The fourth-order valence-electron chi connectivity index (χ4n) is 3.15. The molecule has 2 aliphatic rings. The summed E-state index contributed by atoms with van der Waals surface area (Å²) in [5.74, 6) is -0.213. The van der Waals surface area contributed by atoms with E-state index in [0.29, 0.717) is 11.0 Å². The van der Waals surface area contributed by atoms with Crippen molar-refractivity contribution in [1.29, 1.82) is 0 Å². The Hall–Kier alpha value is -1.59. The fourth-order valence-corrected chi connectivity index (χ4v) is 3.69. The van der Waals surface area contributed by atoms with Crippen molar-refractivity contribution in [2.45, 2.75) is 38.7 Å². The number of rotatable bonds is 7. The molecule has 0 spiro atoms. The van der Waals surface area contributed by atoms with Gasteiger partial charge in [-0.1, -0.05) is 0 Å². The average Bonchev–Trinajstić information content (AvgIpc) is 2.67. The second-order valence-electron chi connectivity index (χ2n) is 7.07. The fraction of sp³-hybridized carbons (Fsp3) is 0.412. The summed E-state index contributed by atoms with van der Waals surface area (Å²) >= 11 is 0. The molecular formula is C17H26N4NaO11P. The van der Waals surface area contributed by atoms with Crippen LogP contribution in [-0.4, -0.2) is 110 Å². The van der Waals surface area contributed by atoms with Crippen molar-refractivity contribution in [2.24, 2.45) is 0 Å². The van der Waals surface area contributed by atoms with Crippen LogP contribution in [-0.2, 0) is 15.6 Å². The number of nitrogens with one attached hydrogen (secondary N) is 1. The molecule has 3 rings (SSSR count). The van der Waals surface area contributed by atoms with Crippen LogP contribution in [0.2, 0.25) is 0 Å². The van der Waals surface area contributed by atoms with Gasteiger partial charge in [0.1, 0.15) is 18.3 Å². The Bertz CT molecular complexity index is 1260. The molecule has 15 nitrogen and oxygen atoms in total. The summed E-state index contributed by atoms with van der Waals surface area (Å²) in [5.41, 5.74) is 0.272. The molecule has 10 N–H and O–H groups in total. The van der Waals surface area contributed by atoms with E-state index >= 15 is 0 Å². The third-order valence-corrected chi connectivity index (χ3v) is 5.37. The molecule has 3 atom stereocenters. The maximum atomic E-state index is 12.3. The van der Waals surface area contributed by atoms with Crippen molar-refractivity contribution in [2.75, 3.05) is 6.61 Å². The van der Waals surface area contributed by atoms with E-state index in [1.165, 1.54) is 4.57 Å². The van der Waals surface area contributed by atoms with Crippen molar-refractivity contribution in [1.82, 2.24) is 19.5 Å². The van der Waals surface area contributed by atoms with Crippen molar-refractivity contribution in [3.8, 4) is 11.5 Å². The Morgan fingerprint density at radius 2 is 1.71 bits per heavy atom. The standard InChI is InChI=1S/C17H21N4O9P.Na.2H2O.H/c1-7-3-9-10(4-8(7)2)21(15-13(18-9)16(25)20-17(26)19-15)5-12(30-31(27,28)29)14(24)11(23)6-22;;;;/h3-4,11-12,14,22-24H,5-6H2,1-2H3,(H,20,25,26)(H2,27,28,29);;2*1H2;/t11-,12+,14-;;;;/m0..../s1. The molecule has 2 aliphatic heterocycles. The molecule has 2 heterocycles. The second kappa shape index (κ2) is 12.4. The molecule has 0 aliphatic carbocycles. The molecule has 0 amide bonds. The van der Waals surface area contributed by atoms with Gasteiger partial charge in [0.05, 0.1) is 24.2 Å². The molecule has 1 aromatic rings. The summed E-state index contributed by atoms with van der Waals surface area (Å²) in [6, 6.07) is 3.33. The summed E-state index contributed by atoms with van der Waals surface area (Å²) in [7, 11) is -5.15. The Morgan fingerprint density at radius 3 is 2.26 bits per heavy atom. The number of aliphatic hydroxyl groups excluding tert-OH is 3. The van der Waals surface area contributed by atoms with E-state index in [-0.39, 0.29) is 52.0 Å². The van der Waals surface area contributed by atoms with Crippen LogP contribution >= 0.6 is 7.82 Å². The van der Waals surface area contributed by atoms with E-state index < -0.39 is 50.5 Å². The average molecular weight is 516 g/mol. The number of H-pyrrole nitrogens is 1. The van der Waals surface area contributed by atoms with Crippen LogP contribution in [0.4, 0.5) is 0 Å². The quantitative estimate of drug-likeness (QED) is 0.100. The van der Waals surface area contributed by atoms with Gasteiger partial charge in [0.15, 0.2) is 11.5 Å². The predicted octanol–water partition coefficient (Wildman–Crippen LogP) is -3.90. The van der Waals surface area contributed by atoms with Gasteiger partial charge in [0, 0.05) is 0 Å². The Kier molecular flexibility index (Phi) is 11.8. The van der Waals surface area contributed by atoms with Crippen LogP contribution in [0.5, 0.6) is 0 Å². The Morgan fingerprint density at radius 1 is 1.12 bits per heavy atom. The molecule has 0 bridgehead atoms. The van der Waals surface area contributed by atoms with Gasteiger partial charge in [-0.3, -0.25) is 14.3 Å². The number of benzene rings is 1. The topological polar surface area (TPSA) is 271 Å². The Labute approximate surface area is 213 Å². The number of nitrogens with zero attached hydrogens (tertiary/aromatic N) is 3. The van der Waals surface area contributed by atoms with E-state index in [2.05, 4.69) is 14.5 Å². The molecule has 0 fully saturated rings. The van der Waals surface area contributed by atoms with Gasteiger partial charge < -0.3 is 40.6 Å². The molecule has 0 saturated carbocycles. The van der Waals surface area contributed by atoms with E-state index in [4.69, 9.17) is 5.11 Å². The number of hydrogen-bond donors (Lipinski definition) is 6. The zero-order chi connectivity index (χ0) is 23.1. The van der Waals surface area contributed by atoms with Gasteiger partial charge in [0.25, 0.3) is 5.56 Å². The molecule has 17 heteroatoms. The summed E-state index contributed by atoms with van der Waals surface area (Å²) < 4.78 is 17.4. The molecule has 0 saturated heterocycles. The molecule has 0 unspecified atom stereocenters. The number of hydrogen-bond acceptors (Lipinski definition) is 9. The van der Waals surface area contributed by atoms with E-state index in [9.17, 15) is 34.2 Å². The van der Waals surface area contributed by atoms with Gasteiger partial charge in [0.2, 0.25) is 0 Å². The van der Waals surface area contributed by atoms with Crippen LogP contribution in [0.3, 0.4) is 0 Å². The van der Waals surface area contributed by atoms with Crippen LogP contribution in [0.15, 0.2) is 21.7 Å². The first kappa shape index (κ1) is 32.4. The van der Waals surface area contributed by atoms with Crippen molar-refractivity contribution in [3.63, 3.8) is 0 Å². The van der Waals surface area contributed by atoms with Crippen molar-refractivity contribution >= 4 is 48.4 Å². The maximum absolute atomic E-state index is 12.3. The van der Waals surface area contributed by atoms with E-state index in [1.807, 2.05) is 11.9 Å². The number of phosphoric ester groups is 1. The molecule has 34 heavy (non-hydrogen) atoms. The third-order valence-electron chi connectivity index (χ3n) is 4.82. The van der Waals surface area contributed by atoms with Crippen molar-refractivity contribution < 1.29 is 45.1 Å². The van der Waals surface area contributed by atoms with Gasteiger partial charge in [-0.05, 0) is 37.1 Å². The zero-order valence-corrected chi connectivity index (χ0v) is 18.4. The van der Waals surface area contributed by atoms with E-state index in [1.54, 1.807) is 19.1 Å². The predicted molar refractivity (Wildman–Crippen MR) is 121 cm³/mol. The summed E-state index contributed by atoms with van der Waals surface area (Å²) in [5, 5.41) is 29.2. The molecular weight excluding hydrogens is 490 g/mol. The number of aromatic amines is 1. The number of phosphoric acid groups is 1. The third kappa shape index (κ3) is 6.97. The summed E-state index contributed by atoms with van der Waals surface area (Å²) in [6.07, 6.45) is -5.46. The molecule has 0 aromatic heterocycles. The summed E-state index contributed by atoms with van der Waals surface area (Å²) in [4.78, 5) is 52.6. The van der Waals surface area contributed by atoms with Gasteiger partial charge in [-0.15, -0.1) is 0 Å². The first-order chi connectivity index (χ1) is 14.4. The minimum atomic E-state index is -5.15. The zero-order valence-electron chi connectivity index (χ0n) is 17.5. The number of aromatic nitrogens is 4. The number of aliphatic hydroxyl groups is 3. The first-order valence-electron chi connectivity index (χ1n) is 9.04. The minimum absolute atomic E-state index is 0. The van der Waals surface area contributed by atoms with Crippen LogP contribution in [0.1, 0.15) is 11.1 Å². The summed E-state index contributed by atoms with van der Waals surface area (Å²) in [6.45, 7) is 2.15. The molecule has 186 valence electrons. The number of aryl methyl sites for hydroxylation is 2. The molecule has 1 aromatic carbocycles. The van der Waals surface area contributed by atoms with E-state index in [0.717, 1.165) is 11.1 Å². The van der Waals surface area contributed by atoms with Crippen molar-refractivity contribution in [3.05, 3.63) is 44.1 Å². The van der Waals surface area contributed by atoms with Crippen LogP contribution < -0.4 is 11.2 Å². The van der Waals surface area contributed by atoms with Gasteiger partial charge in [-0.25, -0.2) is 14.3 Å². The van der Waals surface area contributed by atoms with Crippen LogP contribution in [0, 0.1) is 13.8 Å². The van der Waals surface area contributed by atoms with Crippen LogP contribution in [0.25, 0.3) is 22.6 Å². The molecule has 0 radical (unpaired) electrons. The SMILES string of the molecule is Cc1cc2nc3c(=O)[nH]c(=O)nc-3n(C[C@@H](OP(=O)(O)O)[C@@H](O)[C@@H](O)CO)c2cc1C.O.O.[NaH].